The summed E-state index contributed by atoms with van der Waals surface area (Å²) in [6.45, 7) is 4.52. The molecule has 0 bridgehead atoms. The third-order valence-corrected chi connectivity index (χ3v) is 5.98. The number of para-hydroxylation sites is 1. The summed E-state index contributed by atoms with van der Waals surface area (Å²) in [5.74, 6) is -2.57. The molecule has 0 aliphatic carbocycles. The Morgan fingerprint density at radius 3 is 2.12 bits per heavy atom. The minimum absolute atomic E-state index is 0.275. The van der Waals surface area contributed by atoms with E-state index in [9.17, 15) is 19.2 Å². The quantitative estimate of drug-likeness (QED) is 0.418. The number of carbonyl (C=O) groups is 4. The molecule has 0 unspecified atom stereocenters. The number of pyridine rings is 1. The molecule has 3 rings (SSSR count). The van der Waals surface area contributed by atoms with Gasteiger partial charge in [-0.25, -0.2) is 0 Å². The first-order valence-electron chi connectivity index (χ1n) is 10.5. The lowest BCUT2D eigenvalue weighted by Crippen LogP contribution is -2.61. The van der Waals surface area contributed by atoms with Gasteiger partial charge in [0.15, 0.2) is 18.3 Å². The number of aromatic nitrogens is 1. The van der Waals surface area contributed by atoms with Crippen LogP contribution in [0.3, 0.4) is 0 Å². The number of nitrogens with zero attached hydrogens (tertiary/aromatic N) is 1. The van der Waals surface area contributed by atoms with Crippen LogP contribution >= 0.6 is 11.8 Å². The van der Waals surface area contributed by atoms with Crippen LogP contribution in [0.2, 0.25) is 0 Å². The highest BCUT2D eigenvalue weighted by molar-refractivity contribution is 8.00. The van der Waals surface area contributed by atoms with Crippen LogP contribution in [0.25, 0.3) is 10.9 Å². The molecule has 2 aromatic rings. The van der Waals surface area contributed by atoms with Crippen molar-refractivity contribution in [2.45, 2.75) is 62.4 Å². The first-order chi connectivity index (χ1) is 16.2. The van der Waals surface area contributed by atoms with Gasteiger partial charge >= 0.3 is 23.9 Å². The number of hydrogen-bond acceptors (Lipinski definition) is 11. The van der Waals surface area contributed by atoms with E-state index >= 15 is 0 Å². The Morgan fingerprint density at radius 1 is 0.853 bits per heavy atom. The number of thioether (sulfide) groups is 1. The molecule has 34 heavy (non-hydrogen) atoms. The number of ether oxygens (including phenoxy) is 5. The van der Waals surface area contributed by atoms with Crippen molar-refractivity contribution in [3.05, 3.63) is 36.5 Å². The summed E-state index contributed by atoms with van der Waals surface area (Å²) < 4.78 is 27.6. The van der Waals surface area contributed by atoms with Crippen molar-refractivity contribution in [1.82, 2.24) is 4.98 Å². The van der Waals surface area contributed by atoms with Crippen LogP contribution in [-0.4, -0.2) is 65.3 Å². The van der Waals surface area contributed by atoms with Crippen LogP contribution in [0.4, 0.5) is 0 Å². The van der Waals surface area contributed by atoms with Crippen LogP contribution in [0.1, 0.15) is 27.7 Å². The molecular weight excluding hydrogens is 466 g/mol. The monoisotopic (exact) mass is 491 g/mol. The predicted molar refractivity (Wildman–Crippen MR) is 120 cm³/mol. The summed E-state index contributed by atoms with van der Waals surface area (Å²) in [6.07, 6.45) is -2.88. The van der Waals surface area contributed by atoms with Gasteiger partial charge in [-0.2, -0.15) is 0 Å². The summed E-state index contributed by atoms with van der Waals surface area (Å²) in [4.78, 5) is 52.3. The van der Waals surface area contributed by atoms with E-state index in [1.807, 2.05) is 30.3 Å². The van der Waals surface area contributed by atoms with E-state index in [0.717, 1.165) is 10.3 Å². The Bertz CT molecular complexity index is 1070. The second-order valence-electron chi connectivity index (χ2n) is 7.52. The maximum atomic E-state index is 12.0. The summed E-state index contributed by atoms with van der Waals surface area (Å²) in [7, 11) is 0. The SMILES string of the molecule is CC(=O)OC[C@@H]1O[C@H](Sc2cccc3cccnc23)[C@H](OC(C)=O)[C@@H](OC(C)=O)[C@@H]1OC(C)=O. The maximum absolute atomic E-state index is 12.0. The maximum Gasteiger partial charge on any atom is 0.303 e. The van der Waals surface area contributed by atoms with E-state index in [1.165, 1.54) is 39.5 Å². The molecule has 0 amide bonds. The van der Waals surface area contributed by atoms with E-state index in [0.29, 0.717) is 5.52 Å². The molecule has 0 radical (unpaired) electrons. The van der Waals surface area contributed by atoms with Gasteiger partial charge in [0.2, 0.25) is 0 Å². The largest absolute Gasteiger partial charge is 0.463 e. The Labute approximate surface area is 200 Å². The van der Waals surface area contributed by atoms with Crippen LogP contribution in [-0.2, 0) is 42.9 Å². The van der Waals surface area contributed by atoms with E-state index in [4.69, 9.17) is 23.7 Å². The number of rotatable bonds is 7. The van der Waals surface area contributed by atoms with Crippen molar-refractivity contribution >= 4 is 46.5 Å². The first-order valence-corrected chi connectivity index (χ1v) is 11.3. The summed E-state index contributed by atoms with van der Waals surface area (Å²) in [5.41, 5.74) is -0.212. The van der Waals surface area contributed by atoms with Crippen molar-refractivity contribution in [3.63, 3.8) is 0 Å². The second kappa shape index (κ2) is 11.3. The lowest BCUT2D eigenvalue weighted by molar-refractivity contribution is -0.237. The fourth-order valence-electron chi connectivity index (χ4n) is 3.58. The number of esters is 4. The number of hydrogen-bond donors (Lipinski definition) is 0. The molecule has 0 N–H and O–H groups in total. The Hall–Kier alpha value is -3.18. The fourth-order valence-corrected chi connectivity index (χ4v) is 4.81. The highest BCUT2D eigenvalue weighted by atomic mass is 32.2. The molecule has 0 saturated carbocycles. The fraction of sp³-hybridized carbons (Fsp3) is 0.435. The molecule has 5 atom stereocenters. The molecule has 1 aliphatic heterocycles. The van der Waals surface area contributed by atoms with Gasteiger partial charge in [-0.1, -0.05) is 30.0 Å². The van der Waals surface area contributed by atoms with Crippen molar-refractivity contribution in [2.75, 3.05) is 6.61 Å². The topological polar surface area (TPSA) is 127 Å². The van der Waals surface area contributed by atoms with Gasteiger partial charge in [-0.05, 0) is 12.1 Å². The average Bonchev–Trinajstić information content (AvgIpc) is 2.75. The van der Waals surface area contributed by atoms with Crippen LogP contribution in [0.15, 0.2) is 41.4 Å². The second-order valence-corrected chi connectivity index (χ2v) is 8.66. The van der Waals surface area contributed by atoms with E-state index < -0.39 is 53.7 Å². The van der Waals surface area contributed by atoms with Crippen LogP contribution < -0.4 is 0 Å². The zero-order chi connectivity index (χ0) is 24.8. The standard InChI is InChI=1S/C23H25NO9S/c1-12(25)29-11-17-20(30-13(2)26)21(31-14(3)27)22(32-15(4)28)23(33-17)34-18-9-5-7-16-8-6-10-24-19(16)18/h5-10,17,20-23H,11H2,1-4H3/t17-,20+,21-,22+,23+/m0/s1. The van der Waals surface area contributed by atoms with Crippen LogP contribution in [0, 0.1) is 0 Å². The van der Waals surface area contributed by atoms with Gasteiger partial charge < -0.3 is 23.7 Å². The zero-order valence-electron chi connectivity index (χ0n) is 19.1. The van der Waals surface area contributed by atoms with Gasteiger partial charge in [-0.15, -0.1) is 0 Å². The number of fused-ring (bicyclic) bond motifs is 1. The smallest absolute Gasteiger partial charge is 0.303 e. The van der Waals surface area contributed by atoms with E-state index in [1.54, 1.807) is 6.20 Å². The highest BCUT2D eigenvalue weighted by Gasteiger charge is 2.52. The first kappa shape index (κ1) is 25.4. The van der Waals surface area contributed by atoms with Gasteiger partial charge in [0.25, 0.3) is 0 Å². The average molecular weight is 492 g/mol. The van der Waals surface area contributed by atoms with Gasteiger partial charge in [-0.3, -0.25) is 24.2 Å². The molecular formula is C23H25NO9S. The van der Waals surface area contributed by atoms with Crippen molar-refractivity contribution in [3.8, 4) is 0 Å². The zero-order valence-corrected chi connectivity index (χ0v) is 19.9. The normalized spacial score (nSPS) is 24.2. The van der Waals surface area contributed by atoms with Crippen molar-refractivity contribution in [1.29, 1.82) is 0 Å². The van der Waals surface area contributed by atoms with E-state index in [2.05, 4.69) is 4.98 Å². The number of carbonyl (C=O) groups excluding carboxylic acids is 4. The molecule has 10 nitrogen and oxygen atoms in total. The number of benzene rings is 1. The van der Waals surface area contributed by atoms with Gasteiger partial charge in [0, 0.05) is 44.2 Å². The Balaban J connectivity index is 2.03. The lowest BCUT2D eigenvalue weighted by Gasteiger charge is -2.44. The Morgan fingerprint density at radius 2 is 1.47 bits per heavy atom. The minimum Gasteiger partial charge on any atom is -0.463 e. The molecule has 1 fully saturated rings. The highest BCUT2D eigenvalue weighted by Crippen LogP contribution is 2.39. The molecule has 1 aromatic heterocycles. The molecule has 1 saturated heterocycles. The van der Waals surface area contributed by atoms with Crippen molar-refractivity contribution in [2.24, 2.45) is 0 Å². The lowest BCUT2D eigenvalue weighted by atomic mass is 9.99. The van der Waals surface area contributed by atoms with E-state index in [-0.39, 0.29) is 6.61 Å². The molecule has 0 spiro atoms. The van der Waals surface area contributed by atoms with Crippen molar-refractivity contribution < 1.29 is 42.9 Å². The summed E-state index contributed by atoms with van der Waals surface area (Å²) in [6, 6.07) is 9.29. The van der Waals surface area contributed by atoms with Crippen LogP contribution in [0.5, 0.6) is 0 Å². The molecule has 1 aliphatic rings. The molecule has 182 valence electrons. The summed E-state index contributed by atoms with van der Waals surface area (Å²) in [5, 5.41) is 0.887. The third kappa shape index (κ3) is 6.45. The molecule has 2 heterocycles. The molecule has 1 aromatic carbocycles. The van der Waals surface area contributed by atoms with Gasteiger partial charge in [0.1, 0.15) is 18.1 Å². The van der Waals surface area contributed by atoms with Gasteiger partial charge in [0.05, 0.1) is 5.52 Å². The Kier molecular flexibility index (Phi) is 8.46. The summed E-state index contributed by atoms with van der Waals surface area (Å²) >= 11 is 1.20. The predicted octanol–water partition coefficient (Wildman–Crippen LogP) is 2.41. The minimum atomic E-state index is -1.21. The molecule has 11 heteroatoms. The third-order valence-electron chi connectivity index (χ3n) is 4.79.